The molecule has 0 spiro atoms. The van der Waals surface area contributed by atoms with Gasteiger partial charge < -0.3 is 19.3 Å². The Hall–Kier alpha value is -2.02. The molecular weight excluding hydrogens is 350 g/mol. The van der Waals surface area contributed by atoms with Gasteiger partial charge in [0.1, 0.15) is 0 Å². The highest BCUT2D eigenvalue weighted by Gasteiger charge is 2.33. The second kappa shape index (κ2) is 6.30. The Bertz CT molecular complexity index is 799. The number of carbonyl (C=O) groups is 1. The summed E-state index contributed by atoms with van der Waals surface area (Å²) in [6, 6.07) is 4.01. The molecule has 1 aromatic carbocycles. The molecule has 1 saturated heterocycles. The van der Waals surface area contributed by atoms with E-state index in [1.165, 1.54) is 0 Å². The Kier molecular flexibility index (Phi) is 3.92. The van der Waals surface area contributed by atoms with Crippen LogP contribution in [0, 0.1) is 11.8 Å². The van der Waals surface area contributed by atoms with E-state index in [4.69, 9.17) is 14.5 Å². The zero-order valence-electron chi connectivity index (χ0n) is 14.9. The van der Waals surface area contributed by atoms with Gasteiger partial charge in [-0.05, 0) is 31.6 Å². The van der Waals surface area contributed by atoms with Crippen molar-refractivity contribution in [1.82, 2.24) is 9.88 Å². The molecule has 1 saturated carbocycles. The van der Waals surface area contributed by atoms with Gasteiger partial charge in [0.25, 0.3) is 0 Å². The van der Waals surface area contributed by atoms with E-state index in [2.05, 4.69) is 4.90 Å². The first-order valence-electron chi connectivity index (χ1n) is 9.37. The lowest BCUT2D eigenvalue weighted by Crippen LogP contribution is -2.39. The topological polar surface area (TPSA) is 54.9 Å². The fourth-order valence-electron chi connectivity index (χ4n) is 3.87. The van der Waals surface area contributed by atoms with Crippen LogP contribution in [-0.2, 0) is 4.79 Å². The molecule has 1 aromatic heterocycles. The number of rotatable bonds is 4. The third-order valence-corrected chi connectivity index (χ3v) is 6.67. The van der Waals surface area contributed by atoms with E-state index in [0.717, 1.165) is 72.2 Å². The van der Waals surface area contributed by atoms with Crippen LogP contribution in [0.4, 0.5) is 5.13 Å². The Morgan fingerprint density at radius 2 is 1.96 bits per heavy atom. The van der Waals surface area contributed by atoms with E-state index in [1.54, 1.807) is 11.3 Å². The van der Waals surface area contributed by atoms with Gasteiger partial charge in [-0.1, -0.05) is 11.3 Å². The highest BCUT2D eigenvalue weighted by molar-refractivity contribution is 7.22. The van der Waals surface area contributed by atoms with Gasteiger partial charge in [0.15, 0.2) is 16.6 Å². The van der Waals surface area contributed by atoms with Crippen LogP contribution in [0.5, 0.6) is 11.5 Å². The average Bonchev–Trinajstić information content (AvgIpc) is 3.26. The first-order chi connectivity index (χ1) is 12.7. The summed E-state index contributed by atoms with van der Waals surface area (Å²) in [5.41, 5.74) is 0.978. The number of hydrogen-bond acceptors (Lipinski definition) is 6. The van der Waals surface area contributed by atoms with Gasteiger partial charge in [0.2, 0.25) is 12.7 Å². The molecule has 0 radical (unpaired) electrons. The van der Waals surface area contributed by atoms with E-state index in [9.17, 15) is 4.79 Å². The molecular formula is C19H23N3O3S. The van der Waals surface area contributed by atoms with Crippen molar-refractivity contribution in [3.63, 3.8) is 0 Å². The number of ether oxygens (including phenoxy) is 2. The second-order valence-corrected chi connectivity index (χ2v) is 8.60. The fraction of sp³-hybridized carbons (Fsp3) is 0.579. The molecule has 7 heteroatoms. The smallest absolute Gasteiger partial charge is 0.231 e. The number of carbonyl (C=O) groups excluding carboxylic acids is 1. The second-order valence-electron chi connectivity index (χ2n) is 7.59. The zero-order valence-corrected chi connectivity index (χ0v) is 15.8. The summed E-state index contributed by atoms with van der Waals surface area (Å²) in [7, 11) is 1.96. The molecule has 2 aromatic rings. The predicted molar refractivity (Wildman–Crippen MR) is 101 cm³/mol. The molecule has 1 amide bonds. The van der Waals surface area contributed by atoms with Gasteiger partial charge in [-0.3, -0.25) is 4.79 Å². The Balaban J connectivity index is 1.22. The predicted octanol–water partition coefficient (Wildman–Crippen LogP) is 3.11. The van der Waals surface area contributed by atoms with E-state index in [-0.39, 0.29) is 0 Å². The van der Waals surface area contributed by atoms with Crippen LogP contribution < -0.4 is 14.4 Å². The number of thiazole rings is 1. The third-order valence-electron chi connectivity index (χ3n) is 5.59. The summed E-state index contributed by atoms with van der Waals surface area (Å²) in [5, 5.41) is 1.07. The van der Waals surface area contributed by atoms with E-state index in [1.807, 2.05) is 24.1 Å². The van der Waals surface area contributed by atoms with Gasteiger partial charge in [0.05, 0.1) is 10.2 Å². The third kappa shape index (κ3) is 2.98. The lowest BCUT2D eigenvalue weighted by molar-refractivity contribution is -0.131. The summed E-state index contributed by atoms with van der Waals surface area (Å²) >= 11 is 1.72. The fourth-order valence-corrected chi connectivity index (χ4v) is 4.89. The summed E-state index contributed by atoms with van der Waals surface area (Å²) < 4.78 is 12.1. The largest absolute Gasteiger partial charge is 0.454 e. The molecule has 0 bridgehead atoms. The Labute approximate surface area is 156 Å². The van der Waals surface area contributed by atoms with Crippen LogP contribution in [0.2, 0.25) is 0 Å². The van der Waals surface area contributed by atoms with Crippen molar-refractivity contribution in [2.45, 2.75) is 25.7 Å². The molecule has 2 aliphatic heterocycles. The molecule has 2 fully saturated rings. The quantitative estimate of drug-likeness (QED) is 0.824. The molecule has 0 atom stereocenters. The zero-order chi connectivity index (χ0) is 17.7. The number of amides is 1. The van der Waals surface area contributed by atoms with Crippen LogP contribution in [-0.4, -0.2) is 49.3 Å². The summed E-state index contributed by atoms with van der Waals surface area (Å²) in [4.78, 5) is 21.3. The van der Waals surface area contributed by atoms with Crippen LogP contribution in [0.1, 0.15) is 25.7 Å². The maximum Gasteiger partial charge on any atom is 0.231 e. The van der Waals surface area contributed by atoms with Gasteiger partial charge in [-0.15, -0.1) is 0 Å². The van der Waals surface area contributed by atoms with Crippen molar-refractivity contribution in [2.24, 2.45) is 11.8 Å². The summed E-state index contributed by atoms with van der Waals surface area (Å²) in [5.74, 6) is 2.86. The van der Waals surface area contributed by atoms with Gasteiger partial charge in [-0.2, -0.15) is 0 Å². The average molecular weight is 373 g/mol. The number of aromatic nitrogens is 1. The normalized spacial score (nSPS) is 20.0. The van der Waals surface area contributed by atoms with E-state index in [0.29, 0.717) is 24.5 Å². The summed E-state index contributed by atoms with van der Waals surface area (Å²) in [6.45, 7) is 3.19. The highest BCUT2D eigenvalue weighted by atomic mass is 32.1. The van der Waals surface area contributed by atoms with Crippen molar-refractivity contribution < 1.29 is 14.3 Å². The molecule has 5 rings (SSSR count). The molecule has 3 heterocycles. The minimum absolute atomic E-state index is 0.296. The van der Waals surface area contributed by atoms with Crippen molar-refractivity contribution in [3.05, 3.63) is 12.1 Å². The lowest BCUT2D eigenvalue weighted by atomic mass is 9.96. The van der Waals surface area contributed by atoms with Crippen LogP contribution in [0.25, 0.3) is 10.2 Å². The Morgan fingerprint density at radius 3 is 2.69 bits per heavy atom. The minimum Gasteiger partial charge on any atom is -0.454 e. The monoisotopic (exact) mass is 373 g/mol. The molecule has 138 valence electrons. The number of benzene rings is 1. The van der Waals surface area contributed by atoms with Crippen LogP contribution in [0.3, 0.4) is 0 Å². The standard InChI is InChI=1S/C19H23N3O3S/c1-21(18(23)13-2-3-13)10-12-4-6-22(7-5-12)19-20-14-8-15-16(25-11-24-15)9-17(14)26-19/h8-9,12-13H,2-7,10-11H2,1H3. The maximum absolute atomic E-state index is 12.1. The van der Waals surface area contributed by atoms with E-state index >= 15 is 0 Å². The van der Waals surface area contributed by atoms with Gasteiger partial charge in [0, 0.05) is 44.7 Å². The number of hydrogen-bond donors (Lipinski definition) is 0. The van der Waals surface area contributed by atoms with Gasteiger partial charge >= 0.3 is 0 Å². The molecule has 26 heavy (non-hydrogen) atoms. The molecule has 6 nitrogen and oxygen atoms in total. The van der Waals surface area contributed by atoms with Gasteiger partial charge in [-0.25, -0.2) is 4.98 Å². The summed E-state index contributed by atoms with van der Waals surface area (Å²) in [6.07, 6.45) is 4.39. The highest BCUT2D eigenvalue weighted by Crippen LogP contribution is 2.40. The number of anilines is 1. The lowest BCUT2D eigenvalue weighted by Gasteiger charge is -2.33. The SMILES string of the molecule is CN(CC1CCN(c2nc3cc4c(cc3s2)OCO4)CC1)C(=O)C1CC1. The van der Waals surface area contributed by atoms with Crippen molar-refractivity contribution in [1.29, 1.82) is 0 Å². The first kappa shape index (κ1) is 16.2. The van der Waals surface area contributed by atoms with Crippen LogP contribution >= 0.6 is 11.3 Å². The van der Waals surface area contributed by atoms with E-state index < -0.39 is 0 Å². The molecule has 3 aliphatic rings. The van der Waals surface area contributed by atoms with Crippen molar-refractivity contribution in [3.8, 4) is 11.5 Å². The van der Waals surface area contributed by atoms with Crippen molar-refractivity contribution >= 4 is 32.6 Å². The number of piperidine rings is 1. The number of fused-ring (bicyclic) bond motifs is 2. The van der Waals surface area contributed by atoms with Crippen LogP contribution in [0.15, 0.2) is 12.1 Å². The first-order valence-corrected chi connectivity index (χ1v) is 10.2. The number of nitrogens with zero attached hydrogens (tertiary/aromatic N) is 3. The molecule has 0 N–H and O–H groups in total. The minimum atomic E-state index is 0.296. The Morgan fingerprint density at radius 1 is 1.23 bits per heavy atom. The maximum atomic E-state index is 12.1. The molecule has 0 unspecified atom stereocenters. The van der Waals surface area contributed by atoms with Crippen molar-refractivity contribution in [2.75, 3.05) is 38.4 Å². The molecule has 1 aliphatic carbocycles.